The molecule has 0 radical (unpaired) electrons. The number of amides is 2. The Morgan fingerprint density at radius 3 is 2.69 bits per heavy atom. The fourth-order valence-corrected chi connectivity index (χ4v) is 2.79. The molecule has 1 heterocycles. The highest BCUT2D eigenvalue weighted by molar-refractivity contribution is 6.03. The van der Waals surface area contributed by atoms with Gasteiger partial charge in [-0.1, -0.05) is 18.2 Å². The number of nitrogens with two attached hydrogens (primary N) is 1. The van der Waals surface area contributed by atoms with Gasteiger partial charge in [0.25, 0.3) is 5.91 Å². The molecule has 29 heavy (non-hydrogen) atoms. The van der Waals surface area contributed by atoms with Crippen LogP contribution in [-0.4, -0.2) is 38.4 Å². The summed E-state index contributed by atoms with van der Waals surface area (Å²) >= 11 is 0. The number of ether oxygens (including phenoxy) is 3. The summed E-state index contributed by atoms with van der Waals surface area (Å²) < 4.78 is 15.7. The molecule has 2 aromatic carbocycles. The zero-order chi connectivity index (χ0) is 19.9. The summed E-state index contributed by atoms with van der Waals surface area (Å²) in [6.07, 6.45) is -0.257. The van der Waals surface area contributed by atoms with E-state index in [0.29, 0.717) is 29.3 Å². The molecular formula is C20H24ClN3O5. The Hall–Kier alpha value is -2.81. The fourth-order valence-electron chi connectivity index (χ4n) is 2.79. The van der Waals surface area contributed by atoms with Crippen LogP contribution in [0.5, 0.6) is 11.5 Å². The molecule has 3 rings (SSSR count). The van der Waals surface area contributed by atoms with E-state index in [4.69, 9.17) is 19.9 Å². The van der Waals surface area contributed by atoms with Gasteiger partial charge >= 0.3 is 0 Å². The van der Waals surface area contributed by atoms with Crippen LogP contribution in [-0.2, 0) is 16.1 Å². The van der Waals surface area contributed by atoms with Gasteiger partial charge in [0.15, 0.2) is 11.5 Å². The lowest BCUT2D eigenvalue weighted by Gasteiger charge is -2.14. The first-order chi connectivity index (χ1) is 13.6. The summed E-state index contributed by atoms with van der Waals surface area (Å²) in [5.74, 6) is 0.783. The SMILES string of the molecule is COC(CN)CC(=O)Nc1ccccc1C(=O)NCc1ccc2c(c1)OCO2.Cl. The Bertz CT molecular complexity index is 858. The molecule has 4 N–H and O–H groups in total. The average Bonchev–Trinajstić information content (AvgIpc) is 3.18. The summed E-state index contributed by atoms with van der Waals surface area (Å²) in [6, 6.07) is 12.3. The third kappa shape index (κ3) is 5.83. The second kappa shape index (κ2) is 10.7. The van der Waals surface area contributed by atoms with Crippen LogP contribution in [0.1, 0.15) is 22.3 Å². The predicted octanol–water partition coefficient (Wildman–Crippen LogP) is 2.07. The molecule has 9 heteroatoms. The summed E-state index contributed by atoms with van der Waals surface area (Å²) in [5, 5.41) is 5.60. The Kier molecular flexibility index (Phi) is 8.26. The smallest absolute Gasteiger partial charge is 0.253 e. The second-order valence-corrected chi connectivity index (χ2v) is 6.26. The van der Waals surface area contributed by atoms with Crippen molar-refractivity contribution in [3.63, 3.8) is 0 Å². The van der Waals surface area contributed by atoms with Crippen molar-refractivity contribution in [3.8, 4) is 11.5 Å². The third-order valence-electron chi connectivity index (χ3n) is 4.35. The van der Waals surface area contributed by atoms with E-state index in [2.05, 4.69) is 10.6 Å². The van der Waals surface area contributed by atoms with Crippen molar-refractivity contribution in [2.75, 3.05) is 25.8 Å². The molecule has 0 saturated carbocycles. The maximum absolute atomic E-state index is 12.6. The molecule has 0 aliphatic carbocycles. The van der Waals surface area contributed by atoms with Gasteiger partial charge in [-0.2, -0.15) is 0 Å². The van der Waals surface area contributed by atoms with Crippen LogP contribution in [0.3, 0.4) is 0 Å². The lowest BCUT2D eigenvalue weighted by molar-refractivity contribution is -0.118. The molecule has 1 atom stereocenters. The number of para-hydroxylation sites is 1. The number of nitrogens with one attached hydrogen (secondary N) is 2. The topological polar surface area (TPSA) is 112 Å². The van der Waals surface area contributed by atoms with E-state index in [-0.39, 0.29) is 50.1 Å². The van der Waals surface area contributed by atoms with Crippen LogP contribution in [0.2, 0.25) is 0 Å². The summed E-state index contributed by atoms with van der Waals surface area (Å²) in [6.45, 7) is 0.755. The third-order valence-corrected chi connectivity index (χ3v) is 4.35. The summed E-state index contributed by atoms with van der Waals surface area (Å²) in [4.78, 5) is 24.8. The molecule has 8 nitrogen and oxygen atoms in total. The van der Waals surface area contributed by atoms with Crippen molar-refractivity contribution in [3.05, 3.63) is 53.6 Å². The standard InChI is InChI=1S/C20H23N3O5.ClH/c1-26-14(10-21)9-19(24)23-16-5-3-2-4-15(16)20(25)22-11-13-6-7-17-18(8-13)28-12-27-17;/h2-8,14H,9-12,21H2,1H3,(H,22,25)(H,23,24);1H. The van der Waals surface area contributed by atoms with E-state index in [0.717, 1.165) is 5.56 Å². The predicted molar refractivity (Wildman–Crippen MR) is 111 cm³/mol. The van der Waals surface area contributed by atoms with Crippen molar-refractivity contribution in [2.45, 2.75) is 19.1 Å². The Balaban J connectivity index is 0.00000300. The summed E-state index contributed by atoms with van der Waals surface area (Å²) in [5.41, 5.74) is 7.23. The minimum Gasteiger partial charge on any atom is -0.454 e. The van der Waals surface area contributed by atoms with Crippen LogP contribution < -0.4 is 25.8 Å². The second-order valence-electron chi connectivity index (χ2n) is 6.26. The fraction of sp³-hybridized carbons (Fsp3) is 0.300. The van der Waals surface area contributed by atoms with Crippen molar-refractivity contribution >= 4 is 29.9 Å². The molecule has 1 aliphatic rings. The molecule has 0 fully saturated rings. The van der Waals surface area contributed by atoms with Gasteiger partial charge in [-0.15, -0.1) is 12.4 Å². The van der Waals surface area contributed by atoms with Crippen LogP contribution in [0, 0.1) is 0 Å². The Morgan fingerprint density at radius 1 is 1.17 bits per heavy atom. The van der Waals surface area contributed by atoms with E-state index >= 15 is 0 Å². The van der Waals surface area contributed by atoms with Gasteiger partial charge in [0.05, 0.1) is 23.8 Å². The maximum Gasteiger partial charge on any atom is 0.253 e. The van der Waals surface area contributed by atoms with E-state index in [1.807, 2.05) is 18.2 Å². The number of hydrogen-bond acceptors (Lipinski definition) is 6. The number of carbonyl (C=O) groups excluding carboxylic acids is 2. The number of methoxy groups -OCH3 is 1. The molecule has 0 saturated heterocycles. The number of anilines is 1. The molecule has 156 valence electrons. The molecule has 0 bridgehead atoms. The maximum atomic E-state index is 12.6. The number of halogens is 1. The molecular weight excluding hydrogens is 398 g/mol. The Labute approximate surface area is 175 Å². The van der Waals surface area contributed by atoms with Crippen LogP contribution >= 0.6 is 12.4 Å². The zero-order valence-corrected chi connectivity index (χ0v) is 16.8. The van der Waals surface area contributed by atoms with Gasteiger partial charge in [0.1, 0.15) is 0 Å². The lowest BCUT2D eigenvalue weighted by atomic mass is 10.1. The molecule has 2 aromatic rings. The van der Waals surface area contributed by atoms with Gasteiger partial charge in [0, 0.05) is 20.2 Å². The van der Waals surface area contributed by atoms with Crippen LogP contribution in [0.15, 0.2) is 42.5 Å². The van der Waals surface area contributed by atoms with Gasteiger partial charge in [-0.3, -0.25) is 9.59 Å². The number of carbonyl (C=O) groups is 2. The molecule has 2 amide bonds. The molecule has 0 spiro atoms. The van der Waals surface area contributed by atoms with E-state index in [1.165, 1.54) is 7.11 Å². The molecule has 1 unspecified atom stereocenters. The number of hydrogen-bond donors (Lipinski definition) is 3. The number of benzene rings is 2. The Morgan fingerprint density at radius 2 is 1.93 bits per heavy atom. The molecule has 1 aliphatic heterocycles. The van der Waals surface area contributed by atoms with Gasteiger partial charge < -0.3 is 30.6 Å². The van der Waals surface area contributed by atoms with Crippen LogP contribution in [0.4, 0.5) is 5.69 Å². The van der Waals surface area contributed by atoms with Crippen molar-refractivity contribution in [2.24, 2.45) is 5.73 Å². The molecule has 0 aromatic heterocycles. The first-order valence-electron chi connectivity index (χ1n) is 8.89. The minimum absolute atomic E-state index is 0. The number of fused-ring (bicyclic) bond motifs is 1. The van der Waals surface area contributed by atoms with E-state index in [1.54, 1.807) is 24.3 Å². The number of rotatable bonds is 8. The van der Waals surface area contributed by atoms with Crippen molar-refractivity contribution in [1.29, 1.82) is 0 Å². The van der Waals surface area contributed by atoms with Crippen LogP contribution in [0.25, 0.3) is 0 Å². The largest absolute Gasteiger partial charge is 0.454 e. The first-order valence-corrected chi connectivity index (χ1v) is 8.89. The van der Waals surface area contributed by atoms with Gasteiger partial charge in [0.2, 0.25) is 12.7 Å². The summed E-state index contributed by atoms with van der Waals surface area (Å²) in [7, 11) is 1.50. The quantitative estimate of drug-likeness (QED) is 0.601. The monoisotopic (exact) mass is 421 g/mol. The van der Waals surface area contributed by atoms with E-state index in [9.17, 15) is 9.59 Å². The average molecular weight is 422 g/mol. The lowest BCUT2D eigenvalue weighted by Crippen LogP contribution is -2.29. The van der Waals surface area contributed by atoms with Crippen molar-refractivity contribution in [1.82, 2.24) is 5.32 Å². The van der Waals surface area contributed by atoms with Gasteiger partial charge in [-0.25, -0.2) is 0 Å². The zero-order valence-electron chi connectivity index (χ0n) is 16.0. The normalized spacial score (nSPS) is 12.6. The highest BCUT2D eigenvalue weighted by Gasteiger charge is 2.17. The van der Waals surface area contributed by atoms with Gasteiger partial charge in [-0.05, 0) is 29.8 Å². The van der Waals surface area contributed by atoms with Crippen molar-refractivity contribution < 1.29 is 23.8 Å². The first kappa shape index (κ1) is 22.5. The highest BCUT2D eigenvalue weighted by Crippen LogP contribution is 2.32. The minimum atomic E-state index is -0.369. The van der Waals surface area contributed by atoms with E-state index < -0.39 is 0 Å². The highest BCUT2D eigenvalue weighted by atomic mass is 35.5.